The van der Waals surface area contributed by atoms with Crippen molar-refractivity contribution in [2.24, 2.45) is 5.73 Å². The maximum atomic E-state index is 10.5. The first kappa shape index (κ1) is 11.7. The molecular formula is C6H15N3O2S. The minimum atomic E-state index is -0.853. The van der Waals surface area contributed by atoms with Crippen LogP contribution in [0.25, 0.3) is 0 Å². The summed E-state index contributed by atoms with van der Waals surface area (Å²) in [7, 11) is 1.71. The molecular weight excluding hydrogens is 178 g/mol. The zero-order valence-corrected chi connectivity index (χ0v) is 7.86. The van der Waals surface area contributed by atoms with Crippen LogP contribution in [0.5, 0.6) is 0 Å². The van der Waals surface area contributed by atoms with E-state index in [1.807, 2.05) is 0 Å². The molecule has 0 fully saturated rings. The van der Waals surface area contributed by atoms with Gasteiger partial charge in [-0.3, -0.25) is 4.79 Å². The van der Waals surface area contributed by atoms with E-state index in [4.69, 9.17) is 10.8 Å². The van der Waals surface area contributed by atoms with Crippen molar-refractivity contribution in [3.63, 3.8) is 0 Å². The van der Waals surface area contributed by atoms with E-state index in [1.54, 1.807) is 7.05 Å². The molecule has 0 heterocycles. The van der Waals surface area contributed by atoms with Crippen LogP contribution in [0.3, 0.4) is 0 Å². The van der Waals surface area contributed by atoms with Gasteiger partial charge in [0.05, 0.1) is 0 Å². The highest BCUT2D eigenvalue weighted by atomic mass is 32.2. The number of hydrogen-bond acceptors (Lipinski definition) is 5. The molecule has 5 N–H and O–H groups in total. The maximum Gasteiger partial charge on any atom is 0.322 e. The van der Waals surface area contributed by atoms with Gasteiger partial charge in [-0.2, -0.15) is 0 Å². The topological polar surface area (TPSA) is 87.4 Å². The number of carboxylic acid groups (broad SMARTS) is 1. The Morgan fingerprint density at radius 2 is 2.42 bits per heavy atom. The van der Waals surface area contributed by atoms with Gasteiger partial charge in [-0.15, -0.1) is 0 Å². The maximum absolute atomic E-state index is 10.5. The second-order valence-electron chi connectivity index (χ2n) is 2.20. The van der Waals surface area contributed by atoms with Crippen molar-refractivity contribution in [2.75, 3.05) is 25.9 Å². The molecule has 0 aliphatic heterocycles. The quantitative estimate of drug-likeness (QED) is 0.302. The molecule has 1 atom stereocenters. The van der Waals surface area contributed by atoms with Gasteiger partial charge in [0.25, 0.3) is 0 Å². The zero-order chi connectivity index (χ0) is 9.40. The van der Waals surface area contributed by atoms with Crippen molar-refractivity contribution < 1.29 is 9.90 Å². The molecule has 0 radical (unpaired) electrons. The smallest absolute Gasteiger partial charge is 0.322 e. The normalized spacial score (nSPS) is 12.8. The summed E-state index contributed by atoms with van der Waals surface area (Å²) >= 11 is 1.33. The standard InChI is InChI=1S/C6H15N3O2S/c1-8-4-5(6(10)11)9-12-3-2-7/h5,8-9H,2-4,7H2,1H3,(H,10,11). The van der Waals surface area contributed by atoms with Crippen LogP contribution in [0.15, 0.2) is 0 Å². The van der Waals surface area contributed by atoms with Crippen molar-refractivity contribution in [2.45, 2.75) is 6.04 Å². The summed E-state index contributed by atoms with van der Waals surface area (Å²) in [6.45, 7) is 0.955. The Kier molecular flexibility index (Phi) is 7.17. The average molecular weight is 193 g/mol. The van der Waals surface area contributed by atoms with Crippen LogP contribution in [-0.4, -0.2) is 43.0 Å². The molecule has 0 aromatic rings. The van der Waals surface area contributed by atoms with E-state index in [2.05, 4.69) is 10.0 Å². The largest absolute Gasteiger partial charge is 0.480 e. The molecule has 1 unspecified atom stereocenters. The van der Waals surface area contributed by atoms with Crippen molar-refractivity contribution in [3.05, 3.63) is 0 Å². The second kappa shape index (κ2) is 7.35. The number of nitrogens with two attached hydrogens (primary N) is 1. The van der Waals surface area contributed by atoms with E-state index in [1.165, 1.54) is 11.9 Å². The van der Waals surface area contributed by atoms with Gasteiger partial charge in [0.2, 0.25) is 0 Å². The first-order valence-corrected chi connectivity index (χ1v) is 4.65. The molecule has 0 aromatic heterocycles. The highest BCUT2D eigenvalue weighted by molar-refractivity contribution is 7.97. The number of likely N-dealkylation sites (N-methyl/N-ethyl adjacent to an activating group) is 1. The van der Waals surface area contributed by atoms with Gasteiger partial charge >= 0.3 is 5.97 Å². The van der Waals surface area contributed by atoms with Crippen LogP contribution in [0.1, 0.15) is 0 Å². The lowest BCUT2D eigenvalue weighted by Gasteiger charge is -2.12. The van der Waals surface area contributed by atoms with Crippen molar-refractivity contribution >= 4 is 17.9 Å². The molecule has 0 aliphatic rings. The van der Waals surface area contributed by atoms with Gasteiger partial charge in [-0.1, -0.05) is 11.9 Å². The molecule has 0 saturated heterocycles. The monoisotopic (exact) mass is 193 g/mol. The second-order valence-corrected chi connectivity index (χ2v) is 3.14. The number of rotatable bonds is 7. The van der Waals surface area contributed by atoms with Crippen molar-refractivity contribution in [3.8, 4) is 0 Å². The number of aliphatic carboxylic acids is 1. The van der Waals surface area contributed by atoms with Gasteiger partial charge in [0.1, 0.15) is 6.04 Å². The Bertz CT molecular complexity index is 134. The predicted molar refractivity (Wildman–Crippen MR) is 50.0 cm³/mol. The Morgan fingerprint density at radius 1 is 1.75 bits per heavy atom. The van der Waals surface area contributed by atoms with E-state index < -0.39 is 12.0 Å². The minimum Gasteiger partial charge on any atom is -0.480 e. The predicted octanol–water partition coefficient (Wildman–Crippen LogP) is -1.14. The fraction of sp³-hybridized carbons (Fsp3) is 0.833. The van der Waals surface area contributed by atoms with Crippen LogP contribution in [0, 0.1) is 0 Å². The molecule has 0 bridgehead atoms. The van der Waals surface area contributed by atoms with E-state index in [9.17, 15) is 4.79 Å². The van der Waals surface area contributed by atoms with Gasteiger partial charge in [-0.05, 0) is 7.05 Å². The van der Waals surface area contributed by atoms with E-state index >= 15 is 0 Å². The molecule has 0 aliphatic carbocycles. The lowest BCUT2D eigenvalue weighted by atomic mass is 10.3. The first-order valence-electron chi connectivity index (χ1n) is 3.67. The molecule has 72 valence electrons. The Labute approximate surface area is 76.2 Å². The lowest BCUT2D eigenvalue weighted by molar-refractivity contribution is -0.138. The molecule has 6 heteroatoms. The molecule has 0 spiro atoms. The molecule has 0 rings (SSSR count). The summed E-state index contributed by atoms with van der Waals surface area (Å²) in [5.41, 5.74) is 5.24. The Hall–Kier alpha value is -0.300. The third-order valence-electron chi connectivity index (χ3n) is 1.15. The average Bonchev–Trinajstić information content (AvgIpc) is 2.03. The van der Waals surface area contributed by atoms with Gasteiger partial charge in [0, 0.05) is 18.8 Å². The van der Waals surface area contributed by atoms with Crippen molar-refractivity contribution in [1.82, 2.24) is 10.0 Å². The number of carbonyl (C=O) groups is 1. The summed E-state index contributed by atoms with van der Waals surface area (Å²) in [6.07, 6.45) is 0. The van der Waals surface area contributed by atoms with Crippen LogP contribution >= 0.6 is 11.9 Å². The van der Waals surface area contributed by atoms with Crippen molar-refractivity contribution in [1.29, 1.82) is 0 Å². The molecule has 12 heavy (non-hydrogen) atoms. The fourth-order valence-electron chi connectivity index (χ4n) is 0.602. The molecule has 0 aromatic carbocycles. The van der Waals surface area contributed by atoms with Crippen LogP contribution in [0.4, 0.5) is 0 Å². The molecule has 5 nitrogen and oxygen atoms in total. The van der Waals surface area contributed by atoms with E-state index in [0.29, 0.717) is 18.8 Å². The third kappa shape index (κ3) is 5.36. The summed E-state index contributed by atoms with van der Waals surface area (Å²) in [5, 5.41) is 11.4. The Balaban J connectivity index is 3.56. The highest BCUT2D eigenvalue weighted by Crippen LogP contribution is 1.94. The highest BCUT2D eigenvalue weighted by Gasteiger charge is 2.14. The minimum absolute atomic E-state index is 0.410. The van der Waals surface area contributed by atoms with Crippen LogP contribution < -0.4 is 15.8 Å². The van der Waals surface area contributed by atoms with Gasteiger partial charge in [0.15, 0.2) is 0 Å². The van der Waals surface area contributed by atoms with Crippen LogP contribution in [-0.2, 0) is 4.79 Å². The number of carboxylic acids is 1. The lowest BCUT2D eigenvalue weighted by Crippen LogP contribution is -2.40. The van der Waals surface area contributed by atoms with E-state index in [0.717, 1.165) is 0 Å². The van der Waals surface area contributed by atoms with Crippen LogP contribution in [0.2, 0.25) is 0 Å². The summed E-state index contributed by atoms with van der Waals surface area (Å²) in [6, 6.07) is -0.549. The summed E-state index contributed by atoms with van der Waals surface area (Å²) < 4.78 is 2.80. The third-order valence-corrected chi connectivity index (χ3v) is 2.04. The summed E-state index contributed by atoms with van der Waals surface area (Å²) in [5.74, 6) is -0.137. The summed E-state index contributed by atoms with van der Waals surface area (Å²) in [4.78, 5) is 10.5. The molecule has 0 saturated carbocycles. The van der Waals surface area contributed by atoms with Gasteiger partial charge < -0.3 is 16.2 Å². The SMILES string of the molecule is CNCC(NSCCN)C(=O)O. The van der Waals surface area contributed by atoms with Gasteiger partial charge in [-0.25, -0.2) is 4.72 Å². The number of hydrogen-bond donors (Lipinski definition) is 4. The van der Waals surface area contributed by atoms with E-state index in [-0.39, 0.29) is 0 Å². The zero-order valence-electron chi connectivity index (χ0n) is 7.04. The molecule has 0 amide bonds. The Morgan fingerprint density at radius 3 is 2.83 bits per heavy atom. The number of nitrogens with one attached hydrogen (secondary N) is 2. The fourth-order valence-corrected chi connectivity index (χ4v) is 1.22. The first-order chi connectivity index (χ1) is 5.72.